The Morgan fingerprint density at radius 2 is 2.47 bits per heavy atom. The second-order valence-electron chi connectivity index (χ2n) is 5.04. The Bertz CT molecular complexity index is 471. The van der Waals surface area contributed by atoms with E-state index < -0.39 is 0 Å². The van der Waals surface area contributed by atoms with Crippen molar-refractivity contribution < 1.29 is 0 Å². The van der Waals surface area contributed by atoms with Crippen LogP contribution < -0.4 is 5.32 Å². The van der Waals surface area contributed by atoms with Crippen LogP contribution in [0.1, 0.15) is 31.4 Å². The molecule has 0 amide bonds. The van der Waals surface area contributed by atoms with Gasteiger partial charge >= 0.3 is 0 Å². The summed E-state index contributed by atoms with van der Waals surface area (Å²) in [6, 6.07) is 4.39. The molecule has 1 saturated carbocycles. The highest BCUT2D eigenvalue weighted by Gasteiger charge is 2.41. The average molecular weight is 276 g/mol. The van der Waals surface area contributed by atoms with E-state index in [4.69, 9.17) is 0 Å². The highest BCUT2D eigenvalue weighted by molar-refractivity contribution is 7.99. The molecule has 0 aromatic carbocycles. The predicted molar refractivity (Wildman–Crippen MR) is 76.9 cm³/mol. The molecule has 19 heavy (non-hydrogen) atoms. The van der Waals surface area contributed by atoms with Crippen molar-refractivity contribution >= 4 is 11.8 Å². The lowest BCUT2D eigenvalue weighted by Crippen LogP contribution is -2.44. The van der Waals surface area contributed by atoms with Crippen molar-refractivity contribution in [3.8, 4) is 6.07 Å². The van der Waals surface area contributed by atoms with Crippen LogP contribution in [0.4, 0.5) is 0 Å². The highest BCUT2D eigenvalue weighted by atomic mass is 32.2. The Kier molecular flexibility index (Phi) is 4.78. The number of hydrogen-bond acceptors (Lipinski definition) is 5. The van der Waals surface area contributed by atoms with Gasteiger partial charge in [0.1, 0.15) is 5.54 Å². The Morgan fingerprint density at radius 1 is 1.63 bits per heavy atom. The second-order valence-corrected chi connectivity index (χ2v) is 6.10. The molecule has 1 heterocycles. The molecule has 102 valence electrons. The SMILES string of the molecule is CNC1(C#N)CCCC1CCSc1nccc(C)n1. The molecule has 1 aromatic heterocycles. The van der Waals surface area contributed by atoms with Crippen molar-refractivity contribution in [2.75, 3.05) is 12.8 Å². The van der Waals surface area contributed by atoms with E-state index in [1.54, 1.807) is 18.0 Å². The summed E-state index contributed by atoms with van der Waals surface area (Å²) < 4.78 is 0. The van der Waals surface area contributed by atoms with Gasteiger partial charge in [-0.25, -0.2) is 9.97 Å². The molecule has 1 fully saturated rings. The summed E-state index contributed by atoms with van der Waals surface area (Å²) in [5, 5.41) is 13.5. The average Bonchev–Trinajstić information content (AvgIpc) is 2.82. The topological polar surface area (TPSA) is 61.6 Å². The van der Waals surface area contributed by atoms with Crippen molar-refractivity contribution in [3.63, 3.8) is 0 Å². The van der Waals surface area contributed by atoms with Crippen LogP contribution in [0, 0.1) is 24.2 Å². The number of nitriles is 1. The quantitative estimate of drug-likeness (QED) is 0.661. The molecule has 0 saturated heterocycles. The Balaban J connectivity index is 1.87. The molecule has 1 N–H and O–H groups in total. The second kappa shape index (κ2) is 6.36. The van der Waals surface area contributed by atoms with Gasteiger partial charge in [0, 0.05) is 17.6 Å². The fourth-order valence-electron chi connectivity index (χ4n) is 2.79. The summed E-state index contributed by atoms with van der Waals surface area (Å²) in [5.74, 6) is 1.42. The molecule has 1 aliphatic rings. The molecular weight excluding hydrogens is 256 g/mol. The molecule has 0 spiro atoms. The van der Waals surface area contributed by atoms with Crippen LogP contribution in [0.3, 0.4) is 0 Å². The monoisotopic (exact) mass is 276 g/mol. The number of thioether (sulfide) groups is 1. The van der Waals surface area contributed by atoms with Crippen LogP contribution in [-0.4, -0.2) is 28.3 Å². The van der Waals surface area contributed by atoms with Gasteiger partial charge in [-0.1, -0.05) is 18.2 Å². The van der Waals surface area contributed by atoms with Crippen molar-refractivity contribution in [3.05, 3.63) is 18.0 Å². The fraction of sp³-hybridized carbons (Fsp3) is 0.643. The smallest absolute Gasteiger partial charge is 0.187 e. The van der Waals surface area contributed by atoms with E-state index in [9.17, 15) is 5.26 Å². The van der Waals surface area contributed by atoms with Gasteiger partial charge in [-0.2, -0.15) is 5.26 Å². The number of rotatable bonds is 5. The van der Waals surface area contributed by atoms with E-state index in [1.165, 1.54) is 0 Å². The maximum absolute atomic E-state index is 9.40. The van der Waals surface area contributed by atoms with Crippen LogP contribution in [0.25, 0.3) is 0 Å². The number of aryl methyl sites for hydroxylation is 1. The number of hydrogen-bond donors (Lipinski definition) is 1. The standard InChI is InChI=1S/C14H20N4S/c1-11-5-8-17-13(18-11)19-9-6-12-4-3-7-14(12,10-15)16-2/h5,8,12,16H,3-4,6-7,9H2,1-2H3. The maximum Gasteiger partial charge on any atom is 0.187 e. The Hall–Kier alpha value is -1.12. The summed E-state index contributed by atoms with van der Waals surface area (Å²) >= 11 is 1.68. The van der Waals surface area contributed by atoms with E-state index in [0.717, 1.165) is 42.3 Å². The zero-order valence-corrected chi connectivity index (χ0v) is 12.3. The molecule has 2 atom stereocenters. The van der Waals surface area contributed by atoms with Gasteiger partial charge in [-0.05, 0) is 45.2 Å². The van der Waals surface area contributed by atoms with Crippen LogP contribution in [0.2, 0.25) is 0 Å². The first-order valence-corrected chi connectivity index (χ1v) is 7.71. The summed E-state index contributed by atoms with van der Waals surface area (Å²) in [7, 11) is 1.90. The van der Waals surface area contributed by atoms with Crippen LogP contribution in [-0.2, 0) is 0 Å². The third-order valence-electron chi connectivity index (χ3n) is 3.94. The van der Waals surface area contributed by atoms with Crippen LogP contribution in [0.15, 0.2) is 17.4 Å². The van der Waals surface area contributed by atoms with Gasteiger partial charge in [0.15, 0.2) is 5.16 Å². The van der Waals surface area contributed by atoms with Crippen molar-refractivity contribution in [2.24, 2.45) is 5.92 Å². The zero-order valence-electron chi connectivity index (χ0n) is 11.5. The lowest BCUT2D eigenvalue weighted by molar-refractivity contribution is 0.332. The third kappa shape index (κ3) is 3.26. The van der Waals surface area contributed by atoms with Crippen molar-refractivity contribution in [1.29, 1.82) is 5.26 Å². The van der Waals surface area contributed by atoms with Gasteiger partial charge < -0.3 is 5.32 Å². The minimum Gasteiger partial charge on any atom is -0.302 e. The highest BCUT2D eigenvalue weighted by Crippen LogP contribution is 2.38. The molecule has 5 heteroatoms. The molecule has 1 aliphatic carbocycles. The first kappa shape index (κ1) is 14.3. The summed E-state index contributed by atoms with van der Waals surface area (Å²) in [5.41, 5.74) is 0.688. The molecule has 0 aliphatic heterocycles. The van der Waals surface area contributed by atoms with Crippen molar-refractivity contribution in [2.45, 2.75) is 43.3 Å². The van der Waals surface area contributed by atoms with E-state index in [-0.39, 0.29) is 5.54 Å². The summed E-state index contributed by atoms with van der Waals surface area (Å²) in [6.07, 6.45) is 6.09. The van der Waals surface area contributed by atoms with Gasteiger partial charge in [-0.3, -0.25) is 0 Å². The molecule has 2 unspecified atom stereocenters. The lowest BCUT2D eigenvalue weighted by atomic mass is 9.87. The summed E-state index contributed by atoms with van der Waals surface area (Å²) in [4.78, 5) is 8.64. The summed E-state index contributed by atoms with van der Waals surface area (Å²) in [6.45, 7) is 1.98. The third-order valence-corrected chi connectivity index (χ3v) is 4.83. The maximum atomic E-state index is 9.40. The van der Waals surface area contributed by atoms with Gasteiger partial charge in [-0.15, -0.1) is 0 Å². The molecular formula is C14H20N4S. The number of nitrogens with one attached hydrogen (secondary N) is 1. The number of aromatic nitrogens is 2. The van der Waals surface area contributed by atoms with E-state index in [1.807, 2.05) is 20.0 Å². The van der Waals surface area contributed by atoms with Crippen LogP contribution in [0.5, 0.6) is 0 Å². The van der Waals surface area contributed by atoms with Gasteiger partial charge in [0.2, 0.25) is 0 Å². The largest absolute Gasteiger partial charge is 0.302 e. The Labute approximate surface area is 119 Å². The van der Waals surface area contributed by atoms with Crippen molar-refractivity contribution in [1.82, 2.24) is 15.3 Å². The minimum atomic E-state index is -0.311. The normalized spacial score (nSPS) is 26.3. The van der Waals surface area contributed by atoms with Gasteiger partial charge in [0.25, 0.3) is 0 Å². The first-order valence-electron chi connectivity index (χ1n) is 6.73. The van der Waals surface area contributed by atoms with E-state index >= 15 is 0 Å². The predicted octanol–water partition coefficient (Wildman–Crippen LogP) is 2.55. The molecule has 0 radical (unpaired) electrons. The Morgan fingerprint density at radius 3 is 3.16 bits per heavy atom. The number of nitrogens with zero attached hydrogens (tertiary/aromatic N) is 3. The van der Waals surface area contributed by atoms with Gasteiger partial charge in [0.05, 0.1) is 6.07 Å². The fourth-order valence-corrected chi connectivity index (χ4v) is 3.72. The molecule has 4 nitrogen and oxygen atoms in total. The molecule has 0 bridgehead atoms. The first-order chi connectivity index (χ1) is 9.20. The zero-order chi connectivity index (χ0) is 13.7. The van der Waals surface area contributed by atoms with Crippen LogP contribution >= 0.6 is 11.8 Å². The molecule has 1 aromatic rings. The minimum absolute atomic E-state index is 0.311. The van der Waals surface area contributed by atoms with E-state index in [2.05, 4.69) is 21.4 Å². The lowest BCUT2D eigenvalue weighted by Gasteiger charge is -2.27. The molecule has 2 rings (SSSR count). The van der Waals surface area contributed by atoms with E-state index in [0.29, 0.717) is 5.92 Å².